The van der Waals surface area contributed by atoms with Crippen LogP contribution in [0.3, 0.4) is 0 Å². The normalized spacial score (nSPS) is 9.93. The number of nitrogens with zero attached hydrogens (tertiary/aromatic N) is 1. The number of ether oxygens (including phenoxy) is 1. The van der Waals surface area contributed by atoms with Gasteiger partial charge in [-0.15, -0.1) is 0 Å². The summed E-state index contributed by atoms with van der Waals surface area (Å²) in [6, 6.07) is 3.70. The van der Waals surface area contributed by atoms with Gasteiger partial charge in [-0.1, -0.05) is 0 Å². The van der Waals surface area contributed by atoms with Crippen molar-refractivity contribution in [3.8, 4) is 0 Å². The topological polar surface area (TPSA) is 51.2 Å². The van der Waals surface area contributed by atoms with Gasteiger partial charge in [-0.05, 0) is 26.0 Å². The van der Waals surface area contributed by atoms with Crippen molar-refractivity contribution in [2.75, 3.05) is 19.0 Å². The van der Waals surface area contributed by atoms with E-state index in [9.17, 15) is 4.79 Å². The summed E-state index contributed by atoms with van der Waals surface area (Å²) >= 11 is 0. The molecule has 76 valence electrons. The first kappa shape index (κ1) is 10.7. The van der Waals surface area contributed by atoms with Crippen LogP contribution in [0.2, 0.25) is 0 Å². The second-order valence-electron chi connectivity index (χ2n) is 3.07. The number of anilines is 1. The lowest BCUT2D eigenvalue weighted by Gasteiger charge is -2.07. The van der Waals surface area contributed by atoms with Crippen LogP contribution in [0.4, 0.5) is 5.69 Å². The first-order valence-corrected chi connectivity index (χ1v) is 4.36. The van der Waals surface area contributed by atoms with Gasteiger partial charge in [-0.2, -0.15) is 0 Å². The van der Waals surface area contributed by atoms with E-state index in [1.807, 2.05) is 26.0 Å². The highest BCUT2D eigenvalue weighted by Crippen LogP contribution is 2.11. The zero-order valence-electron chi connectivity index (χ0n) is 8.63. The second kappa shape index (κ2) is 4.72. The number of hydrogen-bond donors (Lipinski definition) is 1. The van der Waals surface area contributed by atoms with Gasteiger partial charge in [0.25, 0.3) is 0 Å². The third kappa shape index (κ3) is 2.81. The molecule has 14 heavy (non-hydrogen) atoms. The third-order valence-electron chi connectivity index (χ3n) is 1.77. The summed E-state index contributed by atoms with van der Waals surface area (Å²) in [4.78, 5) is 15.4. The molecule has 0 spiro atoms. The quantitative estimate of drug-likeness (QED) is 0.788. The van der Waals surface area contributed by atoms with Crippen molar-refractivity contribution in [3.05, 3.63) is 23.5 Å². The fourth-order valence-electron chi connectivity index (χ4n) is 1.14. The van der Waals surface area contributed by atoms with Gasteiger partial charge in [-0.25, -0.2) is 0 Å². The molecule has 0 saturated heterocycles. The third-order valence-corrected chi connectivity index (χ3v) is 1.77. The molecular weight excluding hydrogens is 180 g/mol. The van der Waals surface area contributed by atoms with Crippen molar-refractivity contribution < 1.29 is 9.53 Å². The Kier molecular flexibility index (Phi) is 3.59. The molecule has 0 radical (unpaired) electrons. The van der Waals surface area contributed by atoms with E-state index in [1.54, 1.807) is 0 Å². The molecule has 4 nitrogen and oxygen atoms in total. The number of hydrogen-bond acceptors (Lipinski definition) is 3. The van der Waals surface area contributed by atoms with E-state index in [4.69, 9.17) is 4.74 Å². The number of pyridine rings is 1. The lowest BCUT2D eigenvalue weighted by Crippen LogP contribution is -2.18. The van der Waals surface area contributed by atoms with Crippen molar-refractivity contribution in [1.29, 1.82) is 0 Å². The molecule has 0 atom stereocenters. The second-order valence-corrected chi connectivity index (χ2v) is 3.07. The maximum absolute atomic E-state index is 11.2. The zero-order valence-corrected chi connectivity index (χ0v) is 8.63. The summed E-state index contributed by atoms with van der Waals surface area (Å²) in [5.74, 6) is -0.166. The summed E-state index contributed by atoms with van der Waals surface area (Å²) in [7, 11) is 1.49. The van der Waals surface area contributed by atoms with Crippen molar-refractivity contribution in [2.45, 2.75) is 13.8 Å². The van der Waals surface area contributed by atoms with E-state index < -0.39 is 0 Å². The Balaban J connectivity index is 2.72. The predicted octanol–water partition coefficient (Wildman–Crippen LogP) is 1.28. The number of nitrogens with one attached hydrogen (secondary N) is 1. The van der Waals surface area contributed by atoms with E-state index in [0.717, 1.165) is 17.1 Å². The summed E-state index contributed by atoms with van der Waals surface area (Å²) < 4.78 is 4.71. The minimum absolute atomic E-state index is 0.0628. The highest BCUT2D eigenvalue weighted by atomic mass is 16.5. The Morgan fingerprint density at radius 2 is 2.21 bits per heavy atom. The van der Waals surface area contributed by atoms with Gasteiger partial charge in [0.2, 0.25) is 5.91 Å². The highest BCUT2D eigenvalue weighted by molar-refractivity contribution is 5.92. The molecule has 0 aliphatic heterocycles. The first-order chi connectivity index (χ1) is 6.63. The molecule has 1 N–H and O–H groups in total. The Labute approximate surface area is 83.3 Å². The Bertz CT molecular complexity index is 337. The average molecular weight is 194 g/mol. The maximum atomic E-state index is 11.2. The van der Waals surface area contributed by atoms with E-state index in [-0.39, 0.29) is 12.5 Å². The van der Waals surface area contributed by atoms with Gasteiger partial charge in [0.1, 0.15) is 6.61 Å². The number of rotatable bonds is 3. The van der Waals surface area contributed by atoms with E-state index in [0.29, 0.717) is 0 Å². The molecule has 1 amide bonds. The Hall–Kier alpha value is -1.42. The lowest BCUT2D eigenvalue weighted by molar-refractivity contribution is -0.119. The number of carbonyl (C=O) groups excluding carboxylic acids is 1. The van der Waals surface area contributed by atoms with Crippen molar-refractivity contribution >= 4 is 11.6 Å². The largest absolute Gasteiger partial charge is 0.375 e. The van der Waals surface area contributed by atoms with Crippen LogP contribution in [0, 0.1) is 13.8 Å². The average Bonchev–Trinajstić information content (AvgIpc) is 2.10. The lowest BCUT2D eigenvalue weighted by atomic mass is 10.3. The van der Waals surface area contributed by atoms with Crippen molar-refractivity contribution in [2.24, 2.45) is 0 Å². The molecular formula is C10H14N2O2. The van der Waals surface area contributed by atoms with Crippen LogP contribution in [0.5, 0.6) is 0 Å². The predicted molar refractivity (Wildman–Crippen MR) is 54.2 cm³/mol. The molecule has 0 aromatic carbocycles. The van der Waals surface area contributed by atoms with Crippen LogP contribution >= 0.6 is 0 Å². The van der Waals surface area contributed by atoms with Crippen LogP contribution in [0.1, 0.15) is 11.4 Å². The van der Waals surface area contributed by atoms with E-state index in [1.165, 1.54) is 7.11 Å². The molecule has 0 unspecified atom stereocenters. The highest BCUT2D eigenvalue weighted by Gasteiger charge is 2.04. The standard InChI is InChI=1S/C10H14N2O2/c1-7-4-5-9(8(2)11-7)12-10(13)6-14-3/h4-5H,6H2,1-3H3,(H,12,13). The summed E-state index contributed by atoms with van der Waals surface area (Å²) in [6.07, 6.45) is 0. The van der Waals surface area contributed by atoms with Crippen LogP contribution in [-0.2, 0) is 9.53 Å². The van der Waals surface area contributed by atoms with E-state index >= 15 is 0 Å². The molecule has 1 aromatic heterocycles. The van der Waals surface area contributed by atoms with Gasteiger partial charge in [0.05, 0.1) is 11.4 Å². The zero-order chi connectivity index (χ0) is 10.6. The fourth-order valence-corrected chi connectivity index (χ4v) is 1.14. The van der Waals surface area contributed by atoms with Crippen molar-refractivity contribution in [1.82, 2.24) is 4.98 Å². The minimum atomic E-state index is -0.166. The number of carbonyl (C=O) groups is 1. The summed E-state index contributed by atoms with van der Waals surface area (Å²) in [5.41, 5.74) is 2.49. The smallest absolute Gasteiger partial charge is 0.250 e. The fraction of sp³-hybridized carbons (Fsp3) is 0.400. The van der Waals surface area contributed by atoms with Gasteiger partial charge in [-0.3, -0.25) is 9.78 Å². The number of methoxy groups -OCH3 is 1. The SMILES string of the molecule is COCC(=O)Nc1ccc(C)nc1C. The molecule has 1 rings (SSSR count). The number of amides is 1. The Morgan fingerprint density at radius 3 is 2.79 bits per heavy atom. The number of aryl methyl sites for hydroxylation is 2. The van der Waals surface area contributed by atoms with Gasteiger partial charge >= 0.3 is 0 Å². The van der Waals surface area contributed by atoms with Gasteiger partial charge in [0.15, 0.2) is 0 Å². The van der Waals surface area contributed by atoms with Gasteiger partial charge < -0.3 is 10.1 Å². The molecule has 0 fully saturated rings. The molecule has 0 aliphatic rings. The van der Waals surface area contributed by atoms with Crippen LogP contribution < -0.4 is 5.32 Å². The van der Waals surface area contributed by atoms with Crippen LogP contribution in [-0.4, -0.2) is 24.6 Å². The maximum Gasteiger partial charge on any atom is 0.250 e. The van der Waals surface area contributed by atoms with Gasteiger partial charge in [0, 0.05) is 12.8 Å². The van der Waals surface area contributed by atoms with Crippen LogP contribution in [0.25, 0.3) is 0 Å². The molecule has 0 bridgehead atoms. The molecule has 0 saturated carbocycles. The summed E-state index contributed by atoms with van der Waals surface area (Å²) in [6.45, 7) is 3.83. The molecule has 0 aliphatic carbocycles. The number of aromatic nitrogens is 1. The van der Waals surface area contributed by atoms with Crippen molar-refractivity contribution in [3.63, 3.8) is 0 Å². The summed E-state index contributed by atoms with van der Waals surface area (Å²) in [5, 5.41) is 2.71. The monoisotopic (exact) mass is 194 g/mol. The molecule has 4 heteroatoms. The van der Waals surface area contributed by atoms with Crippen LogP contribution in [0.15, 0.2) is 12.1 Å². The first-order valence-electron chi connectivity index (χ1n) is 4.36. The minimum Gasteiger partial charge on any atom is -0.375 e. The molecule has 1 aromatic rings. The van der Waals surface area contributed by atoms with E-state index in [2.05, 4.69) is 10.3 Å². The molecule has 1 heterocycles. The Morgan fingerprint density at radius 1 is 1.50 bits per heavy atom.